The SMILES string of the molecule is Cc1csc(/C(C#N)=C/c2cc(C)n(CC(C)C)c2C)n1. The maximum Gasteiger partial charge on any atom is 0.134 e. The monoisotopic (exact) mass is 299 g/mol. The van der Waals surface area contributed by atoms with Crippen molar-refractivity contribution in [1.82, 2.24) is 9.55 Å². The molecule has 0 unspecified atom stereocenters. The minimum absolute atomic E-state index is 0.601. The number of aryl methyl sites for hydroxylation is 2. The Morgan fingerprint density at radius 3 is 2.67 bits per heavy atom. The van der Waals surface area contributed by atoms with Crippen molar-refractivity contribution in [3.63, 3.8) is 0 Å². The molecule has 0 fully saturated rings. The highest BCUT2D eigenvalue weighted by Gasteiger charge is 2.11. The van der Waals surface area contributed by atoms with Crippen LogP contribution in [0.4, 0.5) is 0 Å². The largest absolute Gasteiger partial charge is 0.348 e. The fraction of sp³-hybridized carbons (Fsp3) is 0.412. The topological polar surface area (TPSA) is 41.6 Å². The highest BCUT2D eigenvalue weighted by molar-refractivity contribution is 7.11. The number of rotatable bonds is 4. The Kier molecular flexibility index (Phi) is 4.64. The quantitative estimate of drug-likeness (QED) is 0.775. The Balaban J connectivity index is 2.42. The summed E-state index contributed by atoms with van der Waals surface area (Å²) in [6, 6.07) is 4.42. The summed E-state index contributed by atoms with van der Waals surface area (Å²) in [5.41, 5.74) is 5.15. The first-order valence-electron chi connectivity index (χ1n) is 7.13. The molecule has 2 aromatic heterocycles. The Hall–Kier alpha value is -1.86. The smallest absolute Gasteiger partial charge is 0.134 e. The van der Waals surface area contributed by atoms with Crippen molar-refractivity contribution in [2.45, 2.75) is 41.2 Å². The van der Waals surface area contributed by atoms with Crippen LogP contribution in [0, 0.1) is 38.0 Å². The Morgan fingerprint density at radius 2 is 2.14 bits per heavy atom. The average Bonchev–Trinajstić information content (AvgIpc) is 2.95. The zero-order chi connectivity index (χ0) is 15.6. The molecule has 0 aromatic carbocycles. The van der Waals surface area contributed by atoms with Crippen molar-refractivity contribution >= 4 is 23.0 Å². The standard InChI is InChI=1S/C17H21N3S/c1-11(2)9-20-13(4)6-15(14(20)5)7-16(8-18)17-19-12(3)10-21-17/h6-7,10-11H,9H2,1-5H3/b16-7+. The van der Waals surface area contributed by atoms with Crippen molar-refractivity contribution in [3.8, 4) is 6.07 Å². The van der Waals surface area contributed by atoms with E-state index in [0.717, 1.165) is 22.8 Å². The van der Waals surface area contributed by atoms with Gasteiger partial charge in [0.1, 0.15) is 11.1 Å². The predicted octanol–water partition coefficient (Wildman–Crippen LogP) is 4.59. The second-order valence-electron chi connectivity index (χ2n) is 5.79. The second-order valence-corrected chi connectivity index (χ2v) is 6.65. The van der Waals surface area contributed by atoms with E-state index in [1.165, 1.54) is 22.7 Å². The van der Waals surface area contributed by atoms with Crippen molar-refractivity contribution in [3.05, 3.63) is 39.1 Å². The molecule has 110 valence electrons. The van der Waals surface area contributed by atoms with E-state index in [-0.39, 0.29) is 0 Å². The molecule has 2 rings (SSSR count). The molecule has 0 spiro atoms. The van der Waals surface area contributed by atoms with E-state index in [4.69, 9.17) is 0 Å². The fourth-order valence-electron chi connectivity index (χ4n) is 2.39. The van der Waals surface area contributed by atoms with Crippen LogP contribution in [0.5, 0.6) is 0 Å². The molecule has 2 aromatic rings. The van der Waals surface area contributed by atoms with Gasteiger partial charge in [0.15, 0.2) is 0 Å². The molecule has 0 atom stereocenters. The van der Waals surface area contributed by atoms with Gasteiger partial charge in [-0.3, -0.25) is 0 Å². The van der Waals surface area contributed by atoms with Crippen LogP contribution >= 0.6 is 11.3 Å². The van der Waals surface area contributed by atoms with Gasteiger partial charge in [0.05, 0.1) is 5.57 Å². The van der Waals surface area contributed by atoms with Gasteiger partial charge in [0.2, 0.25) is 0 Å². The van der Waals surface area contributed by atoms with Gasteiger partial charge < -0.3 is 4.57 Å². The van der Waals surface area contributed by atoms with Crippen LogP contribution in [0.3, 0.4) is 0 Å². The number of thiazole rings is 1. The lowest BCUT2D eigenvalue weighted by Crippen LogP contribution is -2.07. The number of hydrogen-bond acceptors (Lipinski definition) is 3. The third-order valence-corrected chi connectivity index (χ3v) is 4.42. The van der Waals surface area contributed by atoms with Gasteiger partial charge in [-0.05, 0) is 44.4 Å². The van der Waals surface area contributed by atoms with E-state index >= 15 is 0 Å². The Morgan fingerprint density at radius 1 is 1.43 bits per heavy atom. The van der Waals surface area contributed by atoms with E-state index in [1.54, 1.807) is 0 Å². The predicted molar refractivity (Wildman–Crippen MR) is 89.1 cm³/mol. The molecule has 3 nitrogen and oxygen atoms in total. The summed E-state index contributed by atoms with van der Waals surface area (Å²) in [6.07, 6.45) is 1.96. The number of nitriles is 1. The van der Waals surface area contributed by atoms with Crippen molar-refractivity contribution in [1.29, 1.82) is 5.26 Å². The van der Waals surface area contributed by atoms with Gasteiger partial charge in [-0.1, -0.05) is 13.8 Å². The van der Waals surface area contributed by atoms with Crippen LogP contribution in [-0.2, 0) is 6.54 Å². The second kappa shape index (κ2) is 6.28. The maximum absolute atomic E-state index is 9.40. The number of allylic oxidation sites excluding steroid dienone is 1. The van der Waals surface area contributed by atoms with E-state index in [9.17, 15) is 5.26 Å². The zero-order valence-corrected chi connectivity index (χ0v) is 14.1. The summed E-state index contributed by atoms with van der Waals surface area (Å²) in [6.45, 7) is 11.6. The summed E-state index contributed by atoms with van der Waals surface area (Å²) in [4.78, 5) is 4.41. The van der Waals surface area contributed by atoms with Crippen molar-refractivity contribution < 1.29 is 0 Å². The maximum atomic E-state index is 9.40. The highest BCUT2D eigenvalue weighted by atomic mass is 32.1. The fourth-order valence-corrected chi connectivity index (χ4v) is 3.16. The summed E-state index contributed by atoms with van der Waals surface area (Å²) < 4.78 is 2.32. The molecule has 0 N–H and O–H groups in total. The van der Waals surface area contributed by atoms with Gasteiger partial charge in [0, 0.05) is 29.0 Å². The minimum Gasteiger partial charge on any atom is -0.348 e. The number of nitrogens with zero attached hydrogens (tertiary/aromatic N) is 3. The molecule has 4 heteroatoms. The highest BCUT2D eigenvalue weighted by Crippen LogP contribution is 2.25. The molecule has 0 amide bonds. The third kappa shape index (κ3) is 3.43. The molecule has 0 aliphatic carbocycles. The molecule has 2 heterocycles. The molecule has 0 radical (unpaired) electrons. The van der Waals surface area contributed by atoms with Crippen LogP contribution in [0.2, 0.25) is 0 Å². The Labute approximate surface area is 130 Å². The number of aromatic nitrogens is 2. The molecule has 21 heavy (non-hydrogen) atoms. The van der Waals surface area contributed by atoms with E-state index in [2.05, 4.69) is 49.4 Å². The summed E-state index contributed by atoms with van der Waals surface area (Å²) in [7, 11) is 0. The van der Waals surface area contributed by atoms with Gasteiger partial charge in [-0.15, -0.1) is 11.3 Å². The minimum atomic E-state index is 0.601. The normalized spacial score (nSPS) is 12.0. The molecular weight excluding hydrogens is 278 g/mol. The first-order chi connectivity index (χ1) is 9.92. The third-order valence-electron chi connectivity index (χ3n) is 3.43. The average molecular weight is 299 g/mol. The van der Waals surface area contributed by atoms with Crippen LogP contribution in [0.15, 0.2) is 11.4 Å². The van der Waals surface area contributed by atoms with Gasteiger partial charge in [-0.25, -0.2) is 4.98 Å². The van der Waals surface area contributed by atoms with Crippen LogP contribution in [-0.4, -0.2) is 9.55 Å². The van der Waals surface area contributed by atoms with Gasteiger partial charge in [-0.2, -0.15) is 5.26 Å². The van der Waals surface area contributed by atoms with Gasteiger partial charge in [0.25, 0.3) is 0 Å². The Bertz CT molecular complexity index is 711. The molecule has 0 saturated heterocycles. The van der Waals surface area contributed by atoms with E-state index in [1.807, 2.05) is 18.4 Å². The van der Waals surface area contributed by atoms with Crippen LogP contribution in [0.25, 0.3) is 11.6 Å². The van der Waals surface area contributed by atoms with Crippen molar-refractivity contribution in [2.75, 3.05) is 0 Å². The lowest BCUT2D eigenvalue weighted by molar-refractivity contribution is 0.509. The molecular formula is C17H21N3S. The lowest BCUT2D eigenvalue weighted by Gasteiger charge is -2.11. The summed E-state index contributed by atoms with van der Waals surface area (Å²) in [5.74, 6) is 0.601. The van der Waals surface area contributed by atoms with Crippen molar-refractivity contribution in [2.24, 2.45) is 5.92 Å². The molecule has 0 aliphatic heterocycles. The van der Waals surface area contributed by atoms with E-state index < -0.39 is 0 Å². The lowest BCUT2D eigenvalue weighted by atomic mass is 10.1. The number of hydrogen-bond donors (Lipinski definition) is 0. The van der Waals surface area contributed by atoms with Gasteiger partial charge >= 0.3 is 0 Å². The first kappa shape index (κ1) is 15.5. The summed E-state index contributed by atoms with van der Waals surface area (Å²) in [5, 5.41) is 12.2. The zero-order valence-electron chi connectivity index (χ0n) is 13.3. The first-order valence-corrected chi connectivity index (χ1v) is 8.01. The molecule has 0 aliphatic rings. The summed E-state index contributed by atoms with van der Waals surface area (Å²) >= 11 is 1.52. The molecule has 0 bridgehead atoms. The van der Waals surface area contributed by atoms with E-state index in [0.29, 0.717) is 11.5 Å². The van der Waals surface area contributed by atoms with Crippen LogP contribution < -0.4 is 0 Å². The molecule has 0 saturated carbocycles. The van der Waals surface area contributed by atoms with Crippen LogP contribution in [0.1, 0.15) is 41.5 Å².